The van der Waals surface area contributed by atoms with Crippen LogP contribution in [0.15, 0.2) is 18.5 Å². The first-order chi connectivity index (χ1) is 9.20. The third-order valence-electron chi connectivity index (χ3n) is 3.76. The molecular formula is C14H22Cl2FN3O. The van der Waals surface area contributed by atoms with Crippen molar-refractivity contribution in [3.8, 4) is 0 Å². The molecule has 0 spiro atoms. The maximum Gasteiger partial charge on any atom is 0.253 e. The molecule has 1 unspecified atom stereocenters. The van der Waals surface area contributed by atoms with Crippen molar-refractivity contribution in [2.24, 2.45) is 11.7 Å². The molecule has 0 aliphatic heterocycles. The summed E-state index contributed by atoms with van der Waals surface area (Å²) in [5, 5.41) is 2.91. The first-order valence-corrected chi connectivity index (χ1v) is 6.82. The number of carbonyl (C=O) groups excluding carboxylic acids is 1. The lowest BCUT2D eigenvalue weighted by molar-refractivity contribution is 0.0914. The Kier molecular flexibility index (Phi) is 9.49. The summed E-state index contributed by atoms with van der Waals surface area (Å²) in [7, 11) is 0. The summed E-state index contributed by atoms with van der Waals surface area (Å²) in [6.07, 6.45) is 8.30. The molecule has 1 amide bonds. The summed E-state index contributed by atoms with van der Waals surface area (Å²) in [5.41, 5.74) is 6.00. The predicted octanol–water partition coefficient (Wildman–Crippen LogP) is 2.70. The molecule has 0 bridgehead atoms. The van der Waals surface area contributed by atoms with Gasteiger partial charge in [-0.3, -0.25) is 9.78 Å². The van der Waals surface area contributed by atoms with E-state index in [4.69, 9.17) is 5.73 Å². The average Bonchev–Trinajstić information content (AvgIpc) is 2.45. The second kappa shape index (κ2) is 9.92. The SMILES string of the molecule is Cl.Cl.NCC(NC(=O)c1cncc(F)c1)C1CCCCC1. The molecule has 7 heteroatoms. The van der Waals surface area contributed by atoms with Crippen molar-refractivity contribution in [3.05, 3.63) is 29.8 Å². The molecule has 3 N–H and O–H groups in total. The van der Waals surface area contributed by atoms with Gasteiger partial charge in [0.25, 0.3) is 5.91 Å². The van der Waals surface area contributed by atoms with E-state index in [-0.39, 0.29) is 42.3 Å². The zero-order valence-corrected chi connectivity index (χ0v) is 13.4. The van der Waals surface area contributed by atoms with Gasteiger partial charge in [0, 0.05) is 18.8 Å². The quantitative estimate of drug-likeness (QED) is 0.887. The number of carbonyl (C=O) groups is 1. The van der Waals surface area contributed by atoms with Crippen molar-refractivity contribution >= 4 is 30.7 Å². The number of nitrogens with two attached hydrogens (primary N) is 1. The highest BCUT2D eigenvalue weighted by Crippen LogP contribution is 2.26. The molecule has 120 valence electrons. The van der Waals surface area contributed by atoms with Crippen LogP contribution in [0.2, 0.25) is 0 Å². The summed E-state index contributed by atoms with van der Waals surface area (Å²) in [5.74, 6) is -0.369. The minimum absolute atomic E-state index is 0. The van der Waals surface area contributed by atoms with Crippen molar-refractivity contribution in [3.63, 3.8) is 0 Å². The Morgan fingerprint density at radius 3 is 2.57 bits per heavy atom. The van der Waals surface area contributed by atoms with Crippen LogP contribution < -0.4 is 11.1 Å². The van der Waals surface area contributed by atoms with E-state index in [1.807, 2.05) is 0 Å². The normalized spacial score (nSPS) is 16.3. The highest BCUT2D eigenvalue weighted by molar-refractivity contribution is 5.94. The van der Waals surface area contributed by atoms with Crippen LogP contribution in [0, 0.1) is 11.7 Å². The van der Waals surface area contributed by atoms with Crippen molar-refractivity contribution < 1.29 is 9.18 Å². The van der Waals surface area contributed by atoms with Crippen LogP contribution in [0.3, 0.4) is 0 Å². The number of hydrogen-bond donors (Lipinski definition) is 2. The summed E-state index contributed by atoms with van der Waals surface area (Å²) in [6.45, 7) is 0.416. The van der Waals surface area contributed by atoms with Crippen molar-refractivity contribution in [2.75, 3.05) is 6.54 Å². The Hall–Kier alpha value is -0.910. The lowest BCUT2D eigenvalue weighted by Crippen LogP contribution is -2.45. The van der Waals surface area contributed by atoms with Crippen LogP contribution >= 0.6 is 24.8 Å². The Labute approximate surface area is 136 Å². The molecule has 1 aromatic heterocycles. The Bertz CT molecular complexity index is 442. The van der Waals surface area contributed by atoms with Gasteiger partial charge in [0.1, 0.15) is 5.82 Å². The fourth-order valence-electron chi connectivity index (χ4n) is 2.69. The second-order valence-corrected chi connectivity index (χ2v) is 5.11. The van der Waals surface area contributed by atoms with E-state index >= 15 is 0 Å². The zero-order valence-electron chi connectivity index (χ0n) is 11.8. The lowest BCUT2D eigenvalue weighted by Gasteiger charge is -2.30. The molecule has 2 rings (SSSR count). The number of rotatable bonds is 4. The highest BCUT2D eigenvalue weighted by Gasteiger charge is 2.24. The van der Waals surface area contributed by atoms with Gasteiger partial charge >= 0.3 is 0 Å². The fourth-order valence-corrected chi connectivity index (χ4v) is 2.69. The smallest absolute Gasteiger partial charge is 0.253 e. The molecule has 1 aliphatic rings. The van der Waals surface area contributed by atoms with Gasteiger partial charge in [0.2, 0.25) is 0 Å². The van der Waals surface area contributed by atoms with E-state index in [0.29, 0.717) is 12.5 Å². The first-order valence-electron chi connectivity index (χ1n) is 6.82. The third-order valence-corrected chi connectivity index (χ3v) is 3.76. The maximum atomic E-state index is 13.0. The molecule has 0 saturated heterocycles. The van der Waals surface area contributed by atoms with Crippen molar-refractivity contribution in [2.45, 2.75) is 38.1 Å². The fraction of sp³-hybridized carbons (Fsp3) is 0.571. The van der Waals surface area contributed by atoms with Crippen LogP contribution in [0.25, 0.3) is 0 Å². The van der Waals surface area contributed by atoms with Gasteiger partial charge in [0.15, 0.2) is 0 Å². The Morgan fingerprint density at radius 2 is 2.00 bits per heavy atom. The number of amides is 1. The Morgan fingerprint density at radius 1 is 1.33 bits per heavy atom. The van der Waals surface area contributed by atoms with Crippen LogP contribution in [0.4, 0.5) is 4.39 Å². The summed E-state index contributed by atoms with van der Waals surface area (Å²) in [4.78, 5) is 15.7. The Balaban J connectivity index is 0.00000200. The van der Waals surface area contributed by atoms with Crippen LogP contribution in [0.5, 0.6) is 0 Å². The summed E-state index contributed by atoms with van der Waals surface area (Å²) >= 11 is 0. The van der Waals surface area contributed by atoms with Gasteiger partial charge in [-0.05, 0) is 24.8 Å². The monoisotopic (exact) mass is 337 g/mol. The lowest BCUT2D eigenvalue weighted by atomic mass is 9.84. The minimum atomic E-state index is -0.505. The van der Waals surface area contributed by atoms with Crippen LogP contribution in [0.1, 0.15) is 42.5 Å². The molecule has 21 heavy (non-hydrogen) atoms. The van der Waals surface area contributed by atoms with Gasteiger partial charge in [-0.15, -0.1) is 24.8 Å². The van der Waals surface area contributed by atoms with E-state index < -0.39 is 5.82 Å². The van der Waals surface area contributed by atoms with E-state index in [0.717, 1.165) is 19.0 Å². The molecule has 1 aromatic rings. The van der Waals surface area contributed by atoms with Gasteiger partial charge < -0.3 is 11.1 Å². The highest BCUT2D eigenvalue weighted by atomic mass is 35.5. The average molecular weight is 338 g/mol. The van der Waals surface area contributed by atoms with E-state index in [1.54, 1.807) is 0 Å². The maximum absolute atomic E-state index is 13.0. The third kappa shape index (κ3) is 5.77. The number of nitrogens with one attached hydrogen (secondary N) is 1. The number of aromatic nitrogens is 1. The molecule has 1 atom stereocenters. The molecule has 1 heterocycles. The molecule has 0 aromatic carbocycles. The van der Waals surface area contributed by atoms with Crippen LogP contribution in [-0.4, -0.2) is 23.5 Å². The predicted molar refractivity (Wildman–Crippen MR) is 85.6 cm³/mol. The van der Waals surface area contributed by atoms with Gasteiger partial charge in [-0.1, -0.05) is 19.3 Å². The number of nitrogens with zero attached hydrogens (tertiary/aromatic N) is 1. The van der Waals surface area contributed by atoms with E-state index in [1.165, 1.54) is 31.5 Å². The van der Waals surface area contributed by atoms with Gasteiger partial charge in [0.05, 0.1) is 11.8 Å². The standard InChI is InChI=1S/C14H20FN3O.2ClH/c15-12-6-11(8-17-9-12)14(19)18-13(7-16)10-4-2-1-3-5-10;;/h6,8-10,13H,1-5,7,16H2,(H,18,19);2*1H. The number of pyridine rings is 1. The number of halogens is 3. The van der Waals surface area contributed by atoms with Gasteiger partial charge in [-0.2, -0.15) is 0 Å². The zero-order chi connectivity index (χ0) is 13.7. The molecule has 1 aliphatic carbocycles. The number of hydrogen-bond acceptors (Lipinski definition) is 3. The molecule has 1 fully saturated rings. The van der Waals surface area contributed by atoms with Crippen molar-refractivity contribution in [1.82, 2.24) is 10.3 Å². The van der Waals surface area contributed by atoms with E-state index in [9.17, 15) is 9.18 Å². The molecule has 0 radical (unpaired) electrons. The van der Waals surface area contributed by atoms with Gasteiger partial charge in [-0.25, -0.2) is 4.39 Å². The van der Waals surface area contributed by atoms with E-state index in [2.05, 4.69) is 10.3 Å². The summed E-state index contributed by atoms with van der Waals surface area (Å²) in [6, 6.07) is 1.16. The first kappa shape index (κ1) is 20.1. The summed E-state index contributed by atoms with van der Waals surface area (Å²) < 4.78 is 13.0. The molecule has 4 nitrogen and oxygen atoms in total. The largest absolute Gasteiger partial charge is 0.348 e. The van der Waals surface area contributed by atoms with Crippen LogP contribution in [-0.2, 0) is 0 Å². The molecule has 1 saturated carbocycles. The molecular weight excluding hydrogens is 316 g/mol. The second-order valence-electron chi connectivity index (χ2n) is 5.11. The van der Waals surface area contributed by atoms with Crippen molar-refractivity contribution in [1.29, 1.82) is 0 Å². The topological polar surface area (TPSA) is 68.0 Å². The minimum Gasteiger partial charge on any atom is -0.348 e.